The fraction of sp³-hybridized carbons (Fsp3) is 0.462. The normalized spacial score (nSPS) is 28.3. The predicted octanol–water partition coefficient (Wildman–Crippen LogP) is 3.39. The van der Waals surface area contributed by atoms with E-state index in [4.69, 9.17) is 24.9 Å². The molecule has 2 aliphatic carbocycles. The van der Waals surface area contributed by atoms with E-state index >= 15 is 0 Å². The van der Waals surface area contributed by atoms with Gasteiger partial charge in [0.15, 0.2) is 11.5 Å². The Labute approximate surface area is 194 Å². The number of methoxy groups -OCH3 is 2. The molecule has 1 fully saturated rings. The molecule has 1 amide bonds. The molecule has 174 valence electrons. The number of aliphatic imine (C=N–C) groups is 1. The molecule has 2 N–H and O–H groups in total. The lowest BCUT2D eigenvalue weighted by Gasteiger charge is -2.45. The van der Waals surface area contributed by atoms with Crippen molar-refractivity contribution in [2.75, 3.05) is 21.3 Å². The second-order valence-corrected chi connectivity index (χ2v) is 9.39. The lowest BCUT2D eigenvalue weighted by Crippen LogP contribution is -2.51. The van der Waals surface area contributed by atoms with E-state index < -0.39 is 5.54 Å². The van der Waals surface area contributed by atoms with Crippen LogP contribution in [0.25, 0.3) is 0 Å². The molecule has 1 aliphatic heterocycles. The van der Waals surface area contributed by atoms with E-state index in [2.05, 4.69) is 6.07 Å². The average Bonchev–Trinajstić information content (AvgIpc) is 3.24. The van der Waals surface area contributed by atoms with Gasteiger partial charge in [-0.15, -0.1) is 0 Å². The lowest BCUT2D eigenvalue weighted by atomic mass is 9.61. The van der Waals surface area contributed by atoms with E-state index in [1.165, 1.54) is 4.90 Å². The Balaban J connectivity index is 1.48. The van der Waals surface area contributed by atoms with Crippen molar-refractivity contribution in [2.24, 2.45) is 16.1 Å². The Morgan fingerprint density at radius 1 is 1.09 bits per heavy atom. The molecule has 33 heavy (non-hydrogen) atoms. The molecule has 0 saturated heterocycles. The maximum absolute atomic E-state index is 13.7. The van der Waals surface area contributed by atoms with Gasteiger partial charge in [0.1, 0.15) is 18.1 Å². The van der Waals surface area contributed by atoms with Crippen LogP contribution < -0.4 is 15.2 Å². The summed E-state index contributed by atoms with van der Waals surface area (Å²) in [5.74, 6) is 1.78. The number of carbonyl (C=O) groups is 1. The molecule has 1 unspecified atom stereocenters. The largest absolute Gasteiger partial charge is 0.497 e. The molecule has 0 bridgehead atoms. The number of carbonyl (C=O) groups excluding carboxylic acids is 1. The van der Waals surface area contributed by atoms with Gasteiger partial charge in [0.25, 0.3) is 5.91 Å². The van der Waals surface area contributed by atoms with Crippen LogP contribution in [0.2, 0.25) is 0 Å². The summed E-state index contributed by atoms with van der Waals surface area (Å²) in [6.07, 6.45) is 4.62. The average molecular weight is 450 g/mol. The van der Waals surface area contributed by atoms with Gasteiger partial charge in [0, 0.05) is 19.6 Å². The van der Waals surface area contributed by atoms with Crippen molar-refractivity contribution in [2.45, 2.75) is 50.4 Å². The maximum Gasteiger partial charge on any atom is 0.262 e. The molecular formula is C26H31N3O4. The fourth-order valence-corrected chi connectivity index (χ4v) is 5.88. The zero-order chi connectivity index (χ0) is 23.2. The fourth-order valence-electron chi connectivity index (χ4n) is 5.88. The summed E-state index contributed by atoms with van der Waals surface area (Å²) >= 11 is 0. The predicted molar refractivity (Wildman–Crippen MR) is 125 cm³/mol. The number of guanidine groups is 1. The van der Waals surface area contributed by atoms with Crippen molar-refractivity contribution in [1.82, 2.24) is 4.90 Å². The van der Waals surface area contributed by atoms with Crippen LogP contribution in [0.15, 0.2) is 47.5 Å². The highest BCUT2D eigenvalue weighted by atomic mass is 16.5. The number of fused-ring (bicyclic) bond motifs is 3. The molecular weight excluding hydrogens is 418 g/mol. The van der Waals surface area contributed by atoms with Crippen molar-refractivity contribution in [3.05, 3.63) is 59.2 Å². The molecule has 7 heteroatoms. The zero-order valence-corrected chi connectivity index (χ0v) is 19.5. The van der Waals surface area contributed by atoms with E-state index in [1.54, 1.807) is 21.3 Å². The third-order valence-corrected chi connectivity index (χ3v) is 7.80. The quantitative estimate of drug-likeness (QED) is 0.756. The van der Waals surface area contributed by atoms with Crippen LogP contribution in [0.4, 0.5) is 0 Å². The summed E-state index contributed by atoms with van der Waals surface area (Å²) in [4.78, 5) is 20.1. The lowest BCUT2D eigenvalue weighted by molar-refractivity contribution is -0.137. The maximum atomic E-state index is 13.7. The van der Waals surface area contributed by atoms with E-state index in [9.17, 15) is 4.79 Å². The molecule has 3 aliphatic rings. The number of likely N-dealkylation sites (N-methyl/N-ethyl adjacent to an activating group) is 1. The van der Waals surface area contributed by atoms with E-state index in [-0.39, 0.29) is 23.4 Å². The molecule has 2 spiro atoms. The van der Waals surface area contributed by atoms with E-state index in [1.807, 2.05) is 36.4 Å². The first-order chi connectivity index (χ1) is 15.9. The SMILES string of the molecule is COc1ccc(COc2ccc3c(c2)C2(N=C(N)N(C)C2=O)C2(CCC(OC)CC2)C3)cc1. The summed E-state index contributed by atoms with van der Waals surface area (Å²) in [5, 5.41) is 0. The van der Waals surface area contributed by atoms with Crippen LogP contribution >= 0.6 is 0 Å². The molecule has 5 rings (SSSR count). The van der Waals surface area contributed by atoms with E-state index in [0.717, 1.165) is 60.3 Å². The first-order valence-corrected chi connectivity index (χ1v) is 11.5. The van der Waals surface area contributed by atoms with Crippen molar-refractivity contribution in [1.29, 1.82) is 0 Å². The molecule has 0 aromatic heterocycles. The summed E-state index contributed by atoms with van der Waals surface area (Å²) in [7, 11) is 5.13. The number of rotatable bonds is 5. The summed E-state index contributed by atoms with van der Waals surface area (Å²) in [6, 6.07) is 13.9. The smallest absolute Gasteiger partial charge is 0.262 e. The van der Waals surface area contributed by atoms with Crippen molar-refractivity contribution in [3.8, 4) is 11.5 Å². The van der Waals surface area contributed by atoms with Crippen LogP contribution in [-0.2, 0) is 28.1 Å². The Bertz CT molecular complexity index is 1090. The van der Waals surface area contributed by atoms with Crippen LogP contribution in [0.5, 0.6) is 11.5 Å². The number of nitrogens with two attached hydrogens (primary N) is 1. The molecule has 7 nitrogen and oxygen atoms in total. The van der Waals surface area contributed by atoms with Crippen LogP contribution in [0, 0.1) is 5.41 Å². The van der Waals surface area contributed by atoms with Gasteiger partial charge in [-0.25, -0.2) is 4.99 Å². The van der Waals surface area contributed by atoms with Gasteiger partial charge in [0.2, 0.25) is 0 Å². The number of benzene rings is 2. The topological polar surface area (TPSA) is 86.4 Å². The van der Waals surface area contributed by atoms with Crippen LogP contribution in [-0.4, -0.2) is 44.1 Å². The van der Waals surface area contributed by atoms with Gasteiger partial charge >= 0.3 is 0 Å². The van der Waals surface area contributed by atoms with Crippen molar-refractivity contribution >= 4 is 11.9 Å². The minimum atomic E-state index is -0.987. The molecule has 1 saturated carbocycles. The standard InChI is InChI=1S/C26H31N3O4/c1-29-23(30)26(28-24(29)27)22-14-21(33-16-17-4-7-19(31-2)8-5-17)9-6-18(22)15-25(26)12-10-20(32-3)11-13-25/h4-9,14,20H,10-13,15-16H2,1-3H3,(H2,27,28). The number of amides is 1. The third-order valence-electron chi connectivity index (χ3n) is 7.80. The van der Waals surface area contributed by atoms with Gasteiger partial charge < -0.3 is 19.9 Å². The Kier molecular flexibility index (Phi) is 5.32. The first-order valence-electron chi connectivity index (χ1n) is 11.5. The summed E-state index contributed by atoms with van der Waals surface area (Å²) < 4.78 is 17.0. The van der Waals surface area contributed by atoms with Crippen LogP contribution in [0.3, 0.4) is 0 Å². The van der Waals surface area contributed by atoms with E-state index in [0.29, 0.717) is 6.61 Å². The van der Waals surface area contributed by atoms with Gasteiger partial charge in [-0.1, -0.05) is 18.2 Å². The third kappa shape index (κ3) is 3.29. The molecule has 1 atom stereocenters. The first kappa shape index (κ1) is 21.8. The molecule has 2 aromatic carbocycles. The second kappa shape index (κ2) is 8.06. The number of ether oxygens (including phenoxy) is 3. The molecule has 2 aromatic rings. The number of hydrogen-bond donors (Lipinski definition) is 1. The Hall–Kier alpha value is -3.06. The van der Waals surface area contributed by atoms with Crippen LogP contribution in [0.1, 0.15) is 42.4 Å². The Morgan fingerprint density at radius 2 is 1.79 bits per heavy atom. The summed E-state index contributed by atoms with van der Waals surface area (Å²) in [5.41, 5.74) is 8.07. The highest BCUT2D eigenvalue weighted by Crippen LogP contribution is 2.62. The second-order valence-electron chi connectivity index (χ2n) is 9.39. The zero-order valence-electron chi connectivity index (χ0n) is 19.5. The van der Waals surface area contributed by atoms with Gasteiger partial charge in [0.05, 0.1) is 13.2 Å². The van der Waals surface area contributed by atoms with Gasteiger partial charge in [-0.2, -0.15) is 0 Å². The number of nitrogens with zero attached hydrogens (tertiary/aromatic N) is 2. The number of hydrogen-bond acceptors (Lipinski definition) is 6. The van der Waals surface area contributed by atoms with Gasteiger partial charge in [-0.05, 0) is 73.1 Å². The van der Waals surface area contributed by atoms with Crippen molar-refractivity contribution in [3.63, 3.8) is 0 Å². The summed E-state index contributed by atoms with van der Waals surface area (Å²) in [6.45, 7) is 0.426. The minimum absolute atomic E-state index is 0.0399. The molecule has 1 heterocycles. The highest BCUT2D eigenvalue weighted by molar-refractivity contribution is 6.08. The highest BCUT2D eigenvalue weighted by Gasteiger charge is 2.66. The monoisotopic (exact) mass is 449 g/mol. The van der Waals surface area contributed by atoms with Crippen molar-refractivity contribution < 1.29 is 19.0 Å². The van der Waals surface area contributed by atoms with Gasteiger partial charge in [-0.3, -0.25) is 9.69 Å². The molecule has 0 radical (unpaired) electrons. The minimum Gasteiger partial charge on any atom is -0.497 e. The Morgan fingerprint density at radius 3 is 2.39 bits per heavy atom.